The normalized spacial score (nSPS) is 20.0. The van der Waals surface area contributed by atoms with E-state index in [0.29, 0.717) is 31.1 Å². The number of aliphatic hydroxyl groups is 1. The van der Waals surface area contributed by atoms with E-state index in [2.05, 4.69) is 10.1 Å². The molecule has 0 radical (unpaired) electrons. The van der Waals surface area contributed by atoms with Gasteiger partial charge < -0.3 is 14.5 Å². The number of amides is 1. The van der Waals surface area contributed by atoms with Gasteiger partial charge in [-0.25, -0.2) is 0 Å². The fraction of sp³-hybridized carbons (Fsp3) is 0.769. The number of carbonyl (C=O) groups is 1. The lowest BCUT2D eigenvalue weighted by Gasteiger charge is -2.30. The van der Waals surface area contributed by atoms with Crippen LogP contribution >= 0.6 is 0 Å². The molecule has 0 bridgehead atoms. The average molecular weight is 267 g/mol. The van der Waals surface area contributed by atoms with Crippen LogP contribution in [0.4, 0.5) is 0 Å². The summed E-state index contributed by atoms with van der Waals surface area (Å²) in [6.07, 6.45) is 2.09. The van der Waals surface area contributed by atoms with Crippen molar-refractivity contribution in [2.75, 3.05) is 13.1 Å². The first kappa shape index (κ1) is 14.0. The molecule has 1 fully saturated rings. The lowest BCUT2D eigenvalue weighted by Crippen LogP contribution is -2.42. The van der Waals surface area contributed by atoms with Gasteiger partial charge >= 0.3 is 0 Å². The number of aromatic nitrogens is 2. The van der Waals surface area contributed by atoms with E-state index >= 15 is 0 Å². The van der Waals surface area contributed by atoms with Crippen molar-refractivity contribution in [3.63, 3.8) is 0 Å². The van der Waals surface area contributed by atoms with E-state index in [9.17, 15) is 9.90 Å². The molecule has 1 aliphatic rings. The third kappa shape index (κ3) is 3.76. The van der Waals surface area contributed by atoms with Gasteiger partial charge in [-0.3, -0.25) is 4.79 Å². The van der Waals surface area contributed by atoms with E-state index < -0.39 is 0 Å². The van der Waals surface area contributed by atoms with E-state index in [1.807, 2.05) is 13.8 Å². The summed E-state index contributed by atoms with van der Waals surface area (Å²) in [5.41, 5.74) is 0. The standard InChI is InChI=1S/C13H21N3O3/c1-9(2)13-14-11(19-15-13)5-6-12(18)16-7-3-4-10(17)8-16/h9-10,17H,3-8H2,1-2H3. The Hall–Kier alpha value is -1.43. The number of aryl methyl sites for hydroxylation is 1. The molecule has 1 N–H and O–H groups in total. The van der Waals surface area contributed by atoms with Crippen LogP contribution in [0.15, 0.2) is 4.52 Å². The molecule has 1 aromatic heterocycles. The molecule has 6 nitrogen and oxygen atoms in total. The number of rotatable bonds is 4. The number of aliphatic hydroxyl groups excluding tert-OH is 1. The van der Waals surface area contributed by atoms with E-state index in [-0.39, 0.29) is 17.9 Å². The van der Waals surface area contributed by atoms with Crippen LogP contribution in [0, 0.1) is 0 Å². The lowest BCUT2D eigenvalue weighted by molar-refractivity contribution is -0.134. The summed E-state index contributed by atoms with van der Waals surface area (Å²) in [6, 6.07) is 0. The van der Waals surface area contributed by atoms with Gasteiger partial charge in [0.05, 0.1) is 6.10 Å². The van der Waals surface area contributed by atoms with Gasteiger partial charge in [0.2, 0.25) is 11.8 Å². The van der Waals surface area contributed by atoms with Crippen molar-refractivity contribution in [3.05, 3.63) is 11.7 Å². The van der Waals surface area contributed by atoms with E-state index in [1.165, 1.54) is 0 Å². The first-order valence-electron chi connectivity index (χ1n) is 6.84. The second-order valence-electron chi connectivity index (χ2n) is 5.34. The predicted molar refractivity (Wildman–Crippen MR) is 68.5 cm³/mol. The molecule has 0 aliphatic carbocycles. The number of β-amino-alcohol motifs (C(OH)–C–C–N with tert-alkyl or cyclic N) is 1. The van der Waals surface area contributed by atoms with Crippen LogP contribution in [0.2, 0.25) is 0 Å². The second-order valence-corrected chi connectivity index (χ2v) is 5.34. The highest BCUT2D eigenvalue weighted by atomic mass is 16.5. The zero-order chi connectivity index (χ0) is 13.8. The van der Waals surface area contributed by atoms with Crippen molar-refractivity contribution in [1.29, 1.82) is 0 Å². The number of carbonyl (C=O) groups excluding carboxylic acids is 1. The van der Waals surface area contributed by atoms with Crippen molar-refractivity contribution in [1.82, 2.24) is 15.0 Å². The van der Waals surface area contributed by atoms with Gasteiger partial charge in [0.1, 0.15) is 0 Å². The van der Waals surface area contributed by atoms with Crippen LogP contribution in [0.3, 0.4) is 0 Å². The van der Waals surface area contributed by atoms with Crippen molar-refractivity contribution in [3.8, 4) is 0 Å². The van der Waals surface area contributed by atoms with E-state index in [0.717, 1.165) is 19.4 Å². The van der Waals surface area contributed by atoms with Crippen molar-refractivity contribution >= 4 is 5.91 Å². The smallest absolute Gasteiger partial charge is 0.227 e. The molecule has 2 heterocycles. The molecule has 0 saturated carbocycles. The topological polar surface area (TPSA) is 79.5 Å². The minimum atomic E-state index is -0.381. The summed E-state index contributed by atoms with van der Waals surface area (Å²) < 4.78 is 5.10. The molecule has 6 heteroatoms. The second kappa shape index (κ2) is 6.14. The SMILES string of the molecule is CC(C)c1noc(CCC(=O)N2CCCC(O)C2)n1. The number of nitrogens with zero attached hydrogens (tertiary/aromatic N) is 3. The molecule has 106 valence electrons. The molecular weight excluding hydrogens is 246 g/mol. The quantitative estimate of drug-likeness (QED) is 0.884. The monoisotopic (exact) mass is 267 g/mol. The molecule has 1 amide bonds. The molecule has 2 rings (SSSR count). The van der Waals surface area contributed by atoms with Crippen molar-refractivity contribution in [2.24, 2.45) is 0 Å². The number of piperidine rings is 1. The van der Waals surface area contributed by atoms with Crippen LogP contribution in [0.1, 0.15) is 50.7 Å². The Morgan fingerprint density at radius 2 is 2.37 bits per heavy atom. The fourth-order valence-electron chi connectivity index (χ4n) is 2.16. The summed E-state index contributed by atoms with van der Waals surface area (Å²) in [4.78, 5) is 17.9. The molecule has 1 aromatic rings. The van der Waals surface area contributed by atoms with Crippen LogP contribution in [-0.2, 0) is 11.2 Å². The fourth-order valence-corrected chi connectivity index (χ4v) is 2.16. The van der Waals surface area contributed by atoms with Crippen LogP contribution in [-0.4, -0.2) is 45.2 Å². The Bertz CT molecular complexity index is 431. The first-order chi connectivity index (χ1) is 9.06. The summed E-state index contributed by atoms with van der Waals surface area (Å²) in [6.45, 7) is 5.17. The zero-order valence-electron chi connectivity index (χ0n) is 11.5. The van der Waals surface area contributed by atoms with Crippen molar-refractivity contribution in [2.45, 2.75) is 51.6 Å². The van der Waals surface area contributed by atoms with Crippen LogP contribution < -0.4 is 0 Å². The third-order valence-electron chi connectivity index (χ3n) is 3.30. The van der Waals surface area contributed by atoms with E-state index in [4.69, 9.17) is 4.52 Å². The van der Waals surface area contributed by atoms with Gasteiger partial charge in [0.15, 0.2) is 5.82 Å². The predicted octanol–water partition coefficient (Wildman–Crippen LogP) is 1.11. The largest absolute Gasteiger partial charge is 0.391 e. The molecule has 1 saturated heterocycles. The molecular formula is C13H21N3O3. The highest BCUT2D eigenvalue weighted by molar-refractivity contribution is 5.76. The summed E-state index contributed by atoms with van der Waals surface area (Å²) in [5, 5.41) is 13.4. The van der Waals surface area contributed by atoms with Crippen LogP contribution in [0.25, 0.3) is 0 Å². The Balaban J connectivity index is 1.82. The Labute approximate surface area is 112 Å². The third-order valence-corrected chi connectivity index (χ3v) is 3.30. The zero-order valence-corrected chi connectivity index (χ0v) is 11.5. The molecule has 0 aromatic carbocycles. The van der Waals surface area contributed by atoms with Crippen molar-refractivity contribution < 1.29 is 14.4 Å². The summed E-state index contributed by atoms with van der Waals surface area (Å²) in [7, 11) is 0. The number of hydrogen-bond acceptors (Lipinski definition) is 5. The maximum Gasteiger partial charge on any atom is 0.227 e. The lowest BCUT2D eigenvalue weighted by atomic mass is 10.1. The average Bonchev–Trinajstić information content (AvgIpc) is 2.85. The highest BCUT2D eigenvalue weighted by Gasteiger charge is 2.22. The number of hydrogen-bond donors (Lipinski definition) is 1. The van der Waals surface area contributed by atoms with Gasteiger partial charge in [-0.2, -0.15) is 4.98 Å². The summed E-state index contributed by atoms with van der Waals surface area (Å²) in [5.74, 6) is 1.46. The van der Waals surface area contributed by atoms with Gasteiger partial charge in [0, 0.05) is 31.8 Å². The maximum atomic E-state index is 12.0. The minimum absolute atomic E-state index is 0.0445. The maximum absolute atomic E-state index is 12.0. The Kier molecular flexibility index (Phi) is 4.52. The van der Waals surface area contributed by atoms with Gasteiger partial charge in [-0.05, 0) is 12.8 Å². The first-order valence-corrected chi connectivity index (χ1v) is 6.84. The molecule has 1 aliphatic heterocycles. The highest BCUT2D eigenvalue weighted by Crippen LogP contribution is 2.13. The minimum Gasteiger partial charge on any atom is -0.391 e. The molecule has 0 spiro atoms. The van der Waals surface area contributed by atoms with Gasteiger partial charge in [0.25, 0.3) is 0 Å². The van der Waals surface area contributed by atoms with Crippen LogP contribution in [0.5, 0.6) is 0 Å². The Morgan fingerprint density at radius 1 is 1.58 bits per heavy atom. The number of likely N-dealkylation sites (tertiary alicyclic amines) is 1. The molecule has 1 atom stereocenters. The van der Waals surface area contributed by atoms with Gasteiger partial charge in [-0.1, -0.05) is 19.0 Å². The summed E-state index contributed by atoms with van der Waals surface area (Å²) >= 11 is 0. The van der Waals surface area contributed by atoms with E-state index in [1.54, 1.807) is 4.90 Å². The van der Waals surface area contributed by atoms with Gasteiger partial charge in [-0.15, -0.1) is 0 Å². The molecule has 19 heavy (non-hydrogen) atoms. The Morgan fingerprint density at radius 3 is 3.00 bits per heavy atom. The molecule has 1 unspecified atom stereocenters.